The lowest BCUT2D eigenvalue weighted by atomic mass is 10.2. The van der Waals surface area contributed by atoms with Gasteiger partial charge >= 0.3 is 0 Å². The molecule has 2 heterocycles. The van der Waals surface area contributed by atoms with Crippen LogP contribution in [0.3, 0.4) is 0 Å². The Hall–Kier alpha value is -0.630. The molecule has 0 aliphatic carbocycles. The number of halogens is 1. The fourth-order valence-electron chi connectivity index (χ4n) is 2.12. The average Bonchev–Trinajstić information content (AvgIpc) is 2.96. The van der Waals surface area contributed by atoms with Crippen LogP contribution in [0.4, 0.5) is 0 Å². The van der Waals surface area contributed by atoms with Crippen molar-refractivity contribution >= 4 is 38.9 Å². The van der Waals surface area contributed by atoms with Gasteiger partial charge in [-0.3, -0.25) is 4.79 Å². The van der Waals surface area contributed by atoms with Crippen LogP contribution in [0.15, 0.2) is 16.3 Å². The van der Waals surface area contributed by atoms with Gasteiger partial charge in [0, 0.05) is 20.6 Å². The molecule has 1 amide bonds. The quantitative estimate of drug-likeness (QED) is 0.850. The van der Waals surface area contributed by atoms with Gasteiger partial charge in [0.05, 0.1) is 4.34 Å². The van der Waals surface area contributed by atoms with E-state index in [4.69, 9.17) is 11.6 Å². The molecule has 0 radical (unpaired) electrons. The number of sulfonamides is 1. The molecule has 0 N–H and O–H groups in total. The van der Waals surface area contributed by atoms with Gasteiger partial charge in [0.1, 0.15) is 10.3 Å². The standard InChI is InChI=1S/C11H15ClN2O3S2/c1-13(2)11(15)8-4-3-7-14(8)19(16,17)10-6-5-9(12)18-10/h5-6,8H,3-4,7H2,1-2H3/t8-/m1/s1. The Morgan fingerprint density at radius 1 is 1.47 bits per heavy atom. The van der Waals surface area contributed by atoms with Gasteiger partial charge < -0.3 is 4.90 Å². The summed E-state index contributed by atoms with van der Waals surface area (Å²) in [4.78, 5) is 13.5. The Labute approximate surface area is 121 Å². The molecule has 0 bridgehead atoms. The number of amides is 1. The number of nitrogens with zero attached hydrogens (tertiary/aromatic N) is 2. The van der Waals surface area contributed by atoms with E-state index in [1.165, 1.54) is 15.3 Å². The van der Waals surface area contributed by atoms with Gasteiger partial charge in [-0.15, -0.1) is 11.3 Å². The van der Waals surface area contributed by atoms with E-state index in [2.05, 4.69) is 0 Å². The molecular formula is C11H15ClN2O3S2. The highest BCUT2D eigenvalue weighted by Gasteiger charge is 2.40. The molecule has 1 aliphatic heterocycles. The Morgan fingerprint density at radius 3 is 2.68 bits per heavy atom. The van der Waals surface area contributed by atoms with Crippen molar-refractivity contribution in [2.24, 2.45) is 0 Å². The second-order valence-electron chi connectivity index (χ2n) is 4.56. The van der Waals surface area contributed by atoms with Gasteiger partial charge in [0.2, 0.25) is 5.91 Å². The molecule has 1 saturated heterocycles. The summed E-state index contributed by atoms with van der Waals surface area (Å²) in [5.41, 5.74) is 0. The van der Waals surface area contributed by atoms with Gasteiger partial charge in [-0.05, 0) is 25.0 Å². The van der Waals surface area contributed by atoms with Crippen LogP contribution in [0, 0.1) is 0 Å². The molecule has 5 nitrogen and oxygen atoms in total. The third kappa shape index (κ3) is 2.79. The highest BCUT2D eigenvalue weighted by molar-refractivity contribution is 7.91. The predicted octanol–water partition coefficient (Wildman–Crippen LogP) is 1.64. The monoisotopic (exact) mass is 322 g/mol. The second-order valence-corrected chi connectivity index (χ2v) is 8.40. The lowest BCUT2D eigenvalue weighted by Crippen LogP contribution is -2.45. The topological polar surface area (TPSA) is 57.7 Å². The van der Waals surface area contributed by atoms with E-state index in [1.54, 1.807) is 20.2 Å². The maximum atomic E-state index is 12.5. The maximum absolute atomic E-state index is 12.5. The van der Waals surface area contributed by atoms with Gasteiger partial charge in [0.15, 0.2) is 0 Å². The summed E-state index contributed by atoms with van der Waals surface area (Å²) >= 11 is 6.80. The smallest absolute Gasteiger partial charge is 0.253 e. The summed E-state index contributed by atoms with van der Waals surface area (Å²) in [6.07, 6.45) is 1.26. The van der Waals surface area contributed by atoms with Gasteiger partial charge in [-0.1, -0.05) is 11.6 Å². The number of carbonyl (C=O) groups excluding carboxylic acids is 1. The van der Waals surface area contributed by atoms with Crippen molar-refractivity contribution in [2.75, 3.05) is 20.6 Å². The summed E-state index contributed by atoms with van der Waals surface area (Å²) in [7, 11) is -0.361. The molecule has 1 fully saturated rings. The fourth-order valence-corrected chi connectivity index (χ4v) is 5.39. The van der Waals surface area contributed by atoms with Gasteiger partial charge in [-0.2, -0.15) is 4.31 Å². The zero-order valence-electron chi connectivity index (χ0n) is 10.7. The van der Waals surface area contributed by atoms with E-state index < -0.39 is 16.1 Å². The fraction of sp³-hybridized carbons (Fsp3) is 0.545. The van der Waals surface area contributed by atoms with Gasteiger partial charge in [-0.25, -0.2) is 8.42 Å². The van der Waals surface area contributed by atoms with Crippen molar-refractivity contribution in [1.82, 2.24) is 9.21 Å². The largest absolute Gasteiger partial charge is 0.347 e. The predicted molar refractivity (Wildman–Crippen MR) is 74.9 cm³/mol. The van der Waals surface area contributed by atoms with Crippen LogP contribution in [-0.2, 0) is 14.8 Å². The van der Waals surface area contributed by atoms with Crippen LogP contribution >= 0.6 is 22.9 Å². The number of thiophene rings is 1. The number of likely N-dealkylation sites (N-methyl/N-ethyl adjacent to an activating group) is 1. The SMILES string of the molecule is CN(C)C(=O)[C@H]1CCCN1S(=O)(=O)c1ccc(Cl)s1. The molecule has 0 aromatic carbocycles. The Bertz CT molecular complexity index is 583. The molecule has 0 unspecified atom stereocenters. The van der Waals surface area contributed by atoms with Crippen LogP contribution in [-0.4, -0.2) is 50.2 Å². The molecule has 1 atom stereocenters. The van der Waals surface area contributed by atoms with Crippen LogP contribution in [0.5, 0.6) is 0 Å². The van der Waals surface area contributed by atoms with Crippen molar-refractivity contribution < 1.29 is 13.2 Å². The normalized spacial score (nSPS) is 20.7. The van der Waals surface area contributed by atoms with Crippen molar-refractivity contribution in [2.45, 2.75) is 23.1 Å². The number of hydrogen-bond acceptors (Lipinski definition) is 4. The Morgan fingerprint density at radius 2 is 2.16 bits per heavy atom. The lowest BCUT2D eigenvalue weighted by Gasteiger charge is -2.24. The first-order chi connectivity index (χ1) is 8.84. The van der Waals surface area contributed by atoms with E-state index in [9.17, 15) is 13.2 Å². The van der Waals surface area contributed by atoms with E-state index in [1.807, 2.05) is 0 Å². The minimum Gasteiger partial charge on any atom is -0.347 e. The molecule has 8 heteroatoms. The zero-order valence-corrected chi connectivity index (χ0v) is 13.1. The third-order valence-corrected chi connectivity index (χ3v) is 6.65. The molecule has 0 spiro atoms. The number of rotatable bonds is 3. The summed E-state index contributed by atoms with van der Waals surface area (Å²) in [5.74, 6) is -0.177. The first-order valence-electron chi connectivity index (χ1n) is 5.82. The summed E-state index contributed by atoms with van der Waals surface area (Å²) < 4.78 is 26.9. The van der Waals surface area contributed by atoms with Crippen LogP contribution in [0.1, 0.15) is 12.8 Å². The van der Waals surface area contributed by atoms with E-state index >= 15 is 0 Å². The molecule has 1 aliphatic rings. The summed E-state index contributed by atoms with van der Waals surface area (Å²) in [6, 6.07) is 2.44. The van der Waals surface area contributed by atoms with Crippen molar-refractivity contribution in [3.8, 4) is 0 Å². The van der Waals surface area contributed by atoms with Crippen molar-refractivity contribution in [1.29, 1.82) is 0 Å². The number of carbonyl (C=O) groups is 1. The van der Waals surface area contributed by atoms with Crippen LogP contribution < -0.4 is 0 Å². The maximum Gasteiger partial charge on any atom is 0.253 e. The highest BCUT2D eigenvalue weighted by Crippen LogP contribution is 2.32. The third-order valence-electron chi connectivity index (χ3n) is 3.04. The first kappa shape index (κ1) is 14.8. The molecular weight excluding hydrogens is 308 g/mol. The van der Waals surface area contributed by atoms with Crippen LogP contribution in [0.25, 0.3) is 0 Å². The molecule has 2 rings (SSSR count). The highest BCUT2D eigenvalue weighted by atomic mass is 35.5. The second kappa shape index (κ2) is 5.40. The minimum atomic E-state index is -3.63. The molecule has 0 saturated carbocycles. The van der Waals surface area contributed by atoms with Crippen molar-refractivity contribution in [3.63, 3.8) is 0 Å². The molecule has 106 valence electrons. The lowest BCUT2D eigenvalue weighted by molar-refractivity contribution is -0.132. The van der Waals surface area contributed by atoms with E-state index in [0.29, 0.717) is 23.7 Å². The summed E-state index contributed by atoms with van der Waals surface area (Å²) in [5, 5.41) is 0. The molecule has 1 aromatic rings. The van der Waals surface area contributed by atoms with Crippen molar-refractivity contribution in [3.05, 3.63) is 16.5 Å². The Kier molecular flexibility index (Phi) is 4.20. The van der Waals surface area contributed by atoms with Gasteiger partial charge in [0.25, 0.3) is 10.0 Å². The molecule has 19 heavy (non-hydrogen) atoms. The summed E-state index contributed by atoms with van der Waals surface area (Å²) in [6.45, 7) is 0.377. The zero-order chi connectivity index (χ0) is 14.2. The minimum absolute atomic E-state index is 0.177. The average molecular weight is 323 g/mol. The molecule has 1 aromatic heterocycles. The number of hydrogen-bond donors (Lipinski definition) is 0. The van der Waals surface area contributed by atoms with Crippen LogP contribution in [0.2, 0.25) is 4.34 Å². The van der Waals surface area contributed by atoms with E-state index in [0.717, 1.165) is 11.3 Å². The first-order valence-corrected chi connectivity index (χ1v) is 8.46. The Balaban J connectivity index is 2.32. The van der Waals surface area contributed by atoms with E-state index in [-0.39, 0.29) is 10.1 Å².